The molecule has 0 atom stereocenters. The van der Waals surface area contributed by atoms with Gasteiger partial charge in [0.25, 0.3) is 0 Å². The highest BCUT2D eigenvalue weighted by molar-refractivity contribution is 7.98. The molecule has 0 amide bonds. The van der Waals surface area contributed by atoms with E-state index in [9.17, 15) is 0 Å². The van der Waals surface area contributed by atoms with Gasteiger partial charge < -0.3 is 9.88 Å². The van der Waals surface area contributed by atoms with Crippen LogP contribution in [0.25, 0.3) is 5.65 Å². The molecule has 3 aromatic rings. The largest absolute Gasteiger partial charge is 0.376 e. The number of hydrogen-bond acceptors (Lipinski definition) is 6. The van der Waals surface area contributed by atoms with Crippen LogP contribution in [0, 0.1) is 0 Å². The van der Waals surface area contributed by atoms with Gasteiger partial charge in [-0.1, -0.05) is 18.7 Å². The first-order valence-electron chi connectivity index (χ1n) is 6.71. The molecule has 1 N–H and O–H groups in total. The molecule has 0 unspecified atom stereocenters. The second-order valence-corrected chi connectivity index (χ2v) is 5.42. The Morgan fingerprint density at radius 1 is 1.38 bits per heavy atom. The topological polar surface area (TPSA) is 72.9 Å². The monoisotopic (exact) mass is 303 g/mol. The van der Waals surface area contributed by atoms with Crippen molar-refractivity contribution < 1.29 is 0 Å². The summed E-state index contributed by atoms with van der Waals surface area (Å²) in [6, 6.07) is 2.02. The zero-order chi connectivity index (χ0) is 14.8. The van der Waals surface area contributed by atoms with Crippen molar-refractivity contribution in [3.63, 3.8) is 0 Å². The number of imidazole rings is 1. The minimum absolute atomic E-state index is 0.680. The van der Waals surface area contributed by atoms with Gasteiger partial charge in [0.15, 0.2) is 5.16 Å². The van der Waals surface area contributed by atoms with Gasteiger partial charge in [0, 0.05) is 7.05 Å². The van der Waals surface area contributed by atoms with Crippen molar-refractivity contribution >= 4 is 23.1 Å². The molecule has 0 spiro atoms. The predicted octanol–water partition coefficient (Wildman–Crippen LogP) is 1.75. The maximum atomic E-state index is 4.44. The molecule has 0 aliphatic rings. The van der Waals surface area contributed by atoms with E-state index in [0.717, 1.165) is 34.3 Å². The summed E-state index contributed by atoms with van der Waals surface area (Å²) < 4.78 is 3.79. The molecule has 0 bridgehead atoms. The van der Waals surface area contributed by atoms with Crippen molar-refractivity contribution in [3.8, 4) is 0 Å². The van der Waals surface area contributed by atoms with Crippen molar-refractivity contribution in [2.75, 3.05) is 11.6 Å². The molecule has 3 aromatic heterocycles. The molecule has 21 heavy (non-hydrogen) atoms. The molecule has 0 aromatic carbocycles. The molecule has 0 saturated heterocycles. The number of aromatic nitrogens is 6. The smallest absolute Gasteiger partial charge is 0.200 e. The van der Waals surface area contributed by atoms with Gasteiger partial charge in [0.1, 0.15) is 6.33 Å². The van der Waals surface area contributed by atoms with Crippen LogP contribution in [0.3, 0.4) is 0 Å². The lowest BCUT2D eigenvalue weighted by Crippen LogP contribution is -2.08. The van der Waals surface area contributed by atoms with Crippen LogP contribution in [-0.2, 0) is 20.0 Å². The molecule has 0 aliphatic heterocycles. The normalized spacial score (nSPS) is 11.2. The quantitative estimate of drug-likeness (QED) is 0.724. The molecule has 110 valence electrons. The number of aryl methyl sites for hydroxylation is 1. The van der Waals surface area contributed by atoms with Gasteiger partial charge >= 0.3 is 0 Å². The van der Waals surface area contributed by atoms with E-state index in [0.29, 0.717) is 6.54 Å². The maximum absolute atomic E-state index is 4.44. The lowest BCUT2D eigenvalue weighted by molar-refractivity contribution is 0.747. The number of thioether (sulfide) groups is 1. The summed E-state index contributed by atoms with van der Waals surface area (Å²) in [4.78, 5) is 4.37. The van der Waals surface area contributed by atoms with Crippen LogP contribution in [0.5, 0.6) is 0 Å². The van der Waals surface area contributed by atoms with E-state index >= 15 is 0 Å². The minimum atomic E-state index is 0.680. The molecule has 0 radical (unpaired) electrons. The standard InChI is InChI=1S/C13H17N7S/c1-4-9-5-11(12-17-16-8-20(12)18-9)14-6-10-7-15-13(21-3)19(10)2/h5,7-8,14H,4,6H2,1-3H3. The molecular formula is C13H17N7S. The Hall–Kier alpha value is -2.09. The van der Waals surface area contributed by atoms with E-state index in [1.54, 1.807) is 22.6 Å². The van der Waals surface area contributed by atoms with Crippen molar-refractivity contribution in [3.05, 3.63) is 30.0 Å². The molecule has 3 heterocycles. The SMILES string of the molecule is CCc1cc(NCc2cnc(SC)n2C)c2nncn2n1. The van der Waals surface area contributed by atoms with Gasteiger partial charge in [-0.05, 0) is 18.7 Å². The van der Waals surface area contributed by atoms with E-state index in [1.807, 2.05) is 25.6 Å². The van der Waals surface area contributed by atoms with Crippen LogP contribution in [0.2, 0.25) is 0 Å². The fourth-order valence-electron chi connectivity index (χ4n) is 2.15. The zero-order valence-corrected chi connectivity index (χ0v) is 13.1. The van der Waals surface area contributed by atoms with Gasteiger partial charge in [0.05, 0.1) is 29.8 Å². The summed E-state index contributed by atoms with van der Waals surface area (Å²) in [5, 5.41) is 16.9. The van der Waals surface area contributed by atoms with Crippen molar-refractivity contribution in [2.45, 2.75) is 25.0 Å². The Labute approximate surface area is 126 Å². The van der Waals surface area contributed by atoms with Gasteiger partial charge in [0.2, 0.25) is 5.65 Å². The summed E-state index contributed by atoms with van der Waals surface area (Å²) >= 11 is 1.64. The Morgan fingerprint density at radius 2 is 2.24 bits per heavy atom. The van der Waals surface area contributed by atoms with Crippen LogP contribution < -0.4 is 5.32 Å². The molecule has 3 rings (SSSR count). The molecule has 8 heteroatoms. The first-order valence-corrected chi connectivity index (χ1v) is 7.93. The Kier molecular flexibility index (Phi) is 3.78. The lowest BCUT2D eigenvalue weighted by atomic mass is 10.3. The number of fused-ring (bicyclic) bond motifs is 1. The third-order valence-electron chi connectivity index (χ3n) is 3.37. The molecule has 0 aliphatic carbocycles. The van der Waals surface area contributed by atoms with Crippen LogP contribution in [0.15, 0.2) is 23.7 Å². The molecule has 7 nitrogen and oxygen atoms in total. The number of nitrogens with zero attached hydrogens (tertiary/aromatic N) is 6. The summed E-state index contributed by atoms with van der Waals surface area (Å²) in [6.45, 7) is 2.76. The zero-order valence-electron chi connectivity index (χ0n) is 12.2. The second kappa shape index (κ2) is 5.72. The van der Waals surface area contributed by atoms with Gasteiger partial charge in [-0.3, -0.25) is 0 Å². The van der Waals surface area contributed by atoms with Crippen molar-refractivity contribution in [2.24, 2.45) is 7.05 Å². The highest BCUT2D eigenvalue weighted by Gasteiger charge is 2.09. The van der Waals surface area contributed by atoms with Crippen LogP contribution in [-0.4, -0.2) is 35.6 Å². The van der Waals surface area contributed by atoms with Crippen molar-refractivity contribution in [1.29, 1.82) is 0 Å². The summed E-state index contributed by atoms with van der Waals surface area (Å²) in [5.41, 5.74) is 3.79. The number of nitrogens with one attached hydrogen (secondary N) is 1. The Bertz CT molecular complexity index is 761. The summed E-state index contributed by atoms with van der Waals surface area (Å²) in [6.07, 6.45) is 6.40. The third-order valence-corrected chi connectivity index (χ3v) is 4.11. The van der Waals surface area contributed by atoms with Crippen LogP contribution >= 0.6 is 11.8 Å². The minimum Gasteiger partial charge on any atom is -0.376 e. The van der Waals surface area contributed by atoms with E-state index in [2.05, 4.69) is 37.1 Å². The predicted molar refractivity (Wildman–Crippen MR) is 82.5 cm³/mol. The average Bonchev–Trinajstić information content (AvgIpc) is 3.11. The summed E-state index contributed by atoms with van der Waals surface area (Å²) in [7, 11) is 2.02. The first kappa shape index (κ1) is 13.9. The lowest BCUT2D eigenvalue weighted by Gasteiger charge is -2.09. The average molecular weight is 303 g/mol. The van der Waals surface area contributed by atoms with E-state index in [-0.39, 0.29) is 0 Å². The second-order valence-electron chi connectivity index (χ2n) is 4.65. The van der Waals surface area contributed by atoms with Gasteiger partial charge in [-0.25, -0.2) is 4.98 Å². The number of hydrogen-bond donors (Lipinski definition) is 1. The van der Waals surface area contributed by atoms with Crippen molar-refractivity contribution in [1.82, 2.24) is 29.4 Å². The molecule has 0 fully saturated rings. The molecule has 0 saturated carbocycles. The number of anilines is 1. The van der Waals surface area contributed by atoms with Gasteiger partial charge in [-0.15, -0.1) is 10.2 Å². The van der Waals surface area contributed by atoms with E-state index in [4.69, 9.17) is 0 Å². The first-order chi connectivity index (χ1) is 10.2. The highest BCUT2D eigenvalue weighted by atomic mass is 32.2. The Morgan fingerprint density at radius 3 is 2.95 bits per heavy atom. The third kappa shape index (κ3) is 2.58. The van der Waals surface area contributed by atoms with E-state index < -0.39 is 0 Å². The fourth-order valence-corrected chi connectivity index (χ4v) is 2.70. The maximum Gasteiger partial charge on any atom is 0.200 e. The molecular weight excluding hydrogens is 286 g/mol. The highest BCUT2D eigenvalue weighted by Crippen LogP contribution is 2.18. The fraction of sp³-hybridized carbons (Fsp3) is 0.385. The van der Waals surface area contributed by atoms with Crippen LogP contribution in [0.4, 0.5) is 5.69 Å². The summed E-state index contributed by atoms with van der Waals surface area (Å²) in [5.74, 6) is 0. The van der Waals surface area contributed by atoms with Gasteiger partial charge in [-0.2, -0.15) is 9.61 Å². The Balaban J connectivity index is 1.87. The number of rotatable bonds is 5. The van der Waals surface area contributed by atoms with Crippen LogP contribution in [0.1, 0.15) is 18.3 Å². The van der Waals surface area contributed by atoms with E-state index in [1.165, 1.54) is 0 Å².